The van der Waals surface area contributed by atoms with Crippen molar-refractivity contribution in [2.75, 3.05) is 0 Å². The predicted octanol–water partition coefficient (Wildman–Crippen LogP) is 8.74. The van der Waals surface area contributed by atoms with Gasteiger partial charge in [-0.3, -0.25) is 4.57 Å². The molecule has 0 radical (unpaired) electrons. The number of benzene rings is 2. The highest BCUT2D eigenvalue weighted by Crippen LogP contribution is 2.63. The number of thiophene rings is 1. The molecule has 2 atom stereocenters. The maximum atomic E-state index is 13.8. The van der Waals surface area contributed by atoms with Crippen LogP contribution in [0.3, 0.4) is 0 Å². The van der Waals surface area contributed by atoms with Crippen LogP contribution in [0.2, 0.25) is 0 Å². The first kappa shape index (κ1) is 26.4. The van der Waals surface area contributed by atoms with Crippen molar-refractivity contribution < 1.29 is 31.5 Å². The number of fused-ring (bicyclic) bond motifs is 1. The van der Waals surface area contributed by atoms with Crippen molar-refractivity contribution in [2.45, 2.75) is 51.6 Å². The number of hydrogen-bond acceptors (Lipinski definition) is 3. The summed E-state index contributed by atoms with van der Waals surface area (Å²) in [6, 6.07) is 9.98. The smallest absolute Gasteiger partial charge is 0.324 e. The Bertz CT molecular complexity index is 1210. The first-order valence-corrected chi connectivity index (χ1v) is 13.4. The molecule has 0 fully saturated rings. The Morgan fingerprint density at radius 1 is 1.15 bits per heavy atom. The molecule has 10 heteroatoms. The number of hydrogen-bond donors (Lipinski definition) is 1. The van der Waals surface area contributed by atoms with Gasteiger partial charge in [-0.2, -0.15) is 13.2 Å². The van der Waals surface area contributed by atoms with Gasteiger partial charge in [0.2, 0.25) is 0 Å². The molecule has 0 amide bonds. The van der Waals surface area contributed by atoms with Gasteiger partial charge in [-0.25, -0.2) is 4.39 Å². The molecule has 33 heavy (non-hydrogen) atoms. The largest absolute Gasteiger partial charge is 0.419 e. The Morgan fingerprint density at radius 2 is 1.79 bits per heavy atom. The quantitative estimate of drug-likeness (QED) is 0.230. The molecule has 0 bridgehead atoms. The van der Waals surface area contributed by atoms with Gasteiger partial charge in [-0.05, 0) is 65.9 Å². The second-order valence-electron chi connectivity index (χ2n) is 8.72. The van der Waals surface area contributed by atoms with Crippen molar-refractivity contribution in [3.05, 3.63) is 68.8 Å². The third-order valence-corrected chi connectivity index (χ3v) is 10.3. The van der Waals surface area contributed by atoms with E-state index in [-0.39, 0.29) is 17.9 Å². The molecule has 180 valence electrons. The molecule has 0 saturated carbocycles. The Hall–Kier alpha value is -1.25. The Kier molecular flexibility index (Phi) is 7.52. The van der Waals surface area contributed by atoms with E-state index < -0.39 is 36.4 Å². The third-order valence-electron chi connectivity index (χ3n) is 5.78. The minimum absolute atomic E-state index is 0.0818. The van der Waals surface area contributed by atoms with Gasteiger partial charge in [0, 0.05) is 19.4 Å². The molecule has 1 heterocycles. The van der Waals surface area contributed by atoms with Crippen molar-refractivity contribution in [3.8, 4) is 0 Å². The Balaban J connectivity index is 2.14. The molecule has 0 aliphatic heterocycles. The fourth-order valence-electron chi connectivity index (χ4n) is 3.25. The molecule has 1 N–H and O–H groups in total. The van der Waals surface area contributed by atoms with Crippen molar-refractivity contribution in [3.63, 3.8) is 0 Å². The predicted molar refractivity (Wildman–Crippen MR) is 127 cm³/mol. The molecular formula is C23H24BrF4O3PS. The van der Waals surface area contributed by atoms with E-state index in [9.17, 15) is 27.0 Å². The summed E-state index contributed by atoms with van der Waals surface area (Å²) in [5, 5.41) is 0.820. The summed E-state index contributed by atoms with van der Waals surface area (Å²) < 4.78 is 74.4. The van der Waals surface area contributed by atoms with E-state index in [1.54, 1.807) is 13.8 Å². The summed E-state index contributed by atoms with van der Waals surface area (Å²) in [6.45, 7) is 7.08. The van der Waals surface area contributed by atoms with Crippen LogP contribution in [-0.2, 0) is 21.7 Å². The van der Waals surface area contributed by atoms with E-state index in [4.69, 9.17) is 4.52 Å². The van der Waals surface area contributed by atoms with E-state index >= 15 is 0 Å². The van der Waals surface area contributed by atoms with Crippen molar-refractivity contribution in [2.24, 2.45) is 5.92 Å². The van der Waals surface area contributed by atoms with Gasteiger partial charge in [-0.15, -0.1) is 11.3 Å². The maximum Gasteiger partial charge on any atom is 0.419 e. The average molecular weight is 567 g/mol. The van der Waals surface area contributed by atoms with E-state index in [0.29, 0.717) is 15.4 Å². The van der Waals surface area contributed by atoms with Crippen molar-refractivity contribution in [1.82, 2.24) is 0 Å². The zero-order valence-corrected chi connectivity index (χ0v) is 21.7. The average Bonchev–Trinajstić information content (AvgIpc) is 3.02. The van der Waals surface area contributed by atoms with E-state index in [0.717, 1.165) is 16.2 Å². The molecule has 0 aliphatic carbocycles. The highest BCUT2D eigenvalue weighted by atomic mass is 79.9. The zero-order chi connectivity index (χ0) is 24.8. The van der Waals surface area contributed by atoms with Crippen LogP contribution in [-0.4, -0.2) is 10.5 Å². The molecule has 3 rings (SSSR count). The summed E-state index contributed by atoms with van der Waals surface area (Å²) in [6.07, 6.45) is -5.12. The van der Waals surface area contributed by atoms with Crippen LogP contribution < -0.4 is 0 Å². The van der Waals surface area contributed by atoms with Crippen LogP contribution >= 0.6 is 34.9 Å². The fourth-order valence-corrected chi connectivity index (χ4v) is 7.94. The van der Waals surface area contributed by atoms with E-state index in [2.05, 4.69) is 15.9 Å². The minimum Gasteiger partial charge on any atom is -0.324 e. The van der Waals surface area contributed by atoms with Crippen LogP contribution in [0.15, 0.2) is 46.9 Å². The lowest BCUT2D eigenvalue weighted by atomic mass is 9.95. The summed E-state index contributed by atoms with van der Waals surface area (Å²) in [7, 11) is -4.41. The number of rotatable bonds is 7. The van der Waals surface area contributed by atoms with Crippen molar-refractivity contribution in [1.29, 1.82) is 0 Å². The molecule has 3 nitrogen and oxygen atoms in total. The van der Waals surface area contributed by atoms with Gasteiger partial charge < -0.3 is 9.42 Å². The van der Waals surface area contributed by atoms with Crippen LogP contribution in [0.5, 0.6) is 0 Å². The second kappa shape index (κ2) is 9.42. The SMILES string of the molecule is CC(C)C(C)(C)O[P@](=O)(O)C(Cc1ccc(F)c(C(F)(F)F)c1)c1sc2ccccc2c1Br. The molecule has 0 aliphatic rings. The lowest BCUT2D eigenvalue weighted by molar-refractivity contribution is -0.140. The molecule has 3 aromatic rings. The zero-order valence-electron chi connectivity index (χ0n) is 18.4. The molecular weight excluding hydrogens is 543 g/mol. The first-order chi connectivity index (χ1) is 15.1. The Morgan fingerprint density at radius 3 is 2.36 bits per heavy atom. The number of halogens is 5. The van der Waals surface area contributed by atoms with Crippen molar-refractivity contribution >= 4 is 44.9 Å². The van der Waals surface area contributed by atoms with Gasteiger partial charge in [0.05, 0.1) is 11.2 Å². The summed E-state index contributed by atoms with van der Waals surface area (Å²) in [5.74, 6) is -1.50. The van der Waals surface area contributed by atoms with Gasteiger partial charge in [0.1, 0.15) is 11.5 Å². The summed E-state index contributed by atoms with van der Waals surface area (Å²) in [4.78, 5) is 11.6. The first-order valence-electron chi connectivity index (χ1n) is 10.2. The summed E-state index contributed by atoms with van der Waals surface area (Å²) >= 11 is 4.78. The number of alkyl halides is 3. The van der Waals surface area contributed by atoms with Gasteiger partial charge >= 0.3 is 13.8 Å². The lowest BCUT2D eigenvalue weighted by Gasteiger charge is -2.34. The topological polar surface area (TPSA) is 46.5 Å². The van der Waals surface area contributed by atoms with E-state index in [1.807, 2.05) is 38.1 Å². The monoisotopic (exact) mass is 566 g/mol. The van der Waals surface area contributed by atoms with Gasteiger partial charge in [0.15, 0.2) is 0 Å². The van der Waals surface area contributed by atoms with Crippen LogP contribution in [0.25, 0.3) is 10.1 Å². The Labute approximate surface area is 202 Å². The second-order valence-corrected chi connectivity index (χ2v) is 12.5. The fraction of sp³-hybridized carbons (Fsp3) is 0.391. The molecule has 1 aromatic heterocycles. The van der Waals surface area contributed by atoms with E-state index in [1.165, 1.54) is 17.4 Å². The van der Waals surface area contributed by atoms with Gasteiger partial charge in [-0.1, -0.05) is 38.1 Å². The highest BCUT2D eigenvalue weighted by Gasteiger charge is 2.43. The van der Waals surface area contributed by atoms with Crippen LogP contribution in [0.4, 0.5) is 17.6 Å². The normalized spacial score (nSPS) is 15.7. The third kappa shape index (κ3) is 5.70. The maximum absolute atomic E-state index is 13.8. The van der Waals surface area contributed by atoms with Crippen LogP contribution in [0.1, 0.15) is 49.4 Å². The highest BCUT2D eigenvalue weighted by molar-refractivity contribution is 9.10. The molecule has 0 spiro atoms. The minimum atomic E-state index is -4.88. The standard InChI is InChI=1S/C23H24BrF4O3PS/c1-13(2)22(3,4)31-32(29,30)18(21-20(24)15-7-5-6-8-19(15)33-21)12-14-9-10-17(25)16(11-14)23(26,27)28/h5-11,13,18H,12H2,1-4H3,(H,29,30). The van der Waals surface area contributed by atoms with Gasteiger partial charge in [0.25, 0.3) is 0 Å². The van der Waals surface area contributed by atoms with Crippen LogP contribution in [0, 0.1) is 11.7 Å². The molecule has 2 aromatic carbocycles. The molecule has 1 unspecified atom stereocenters. The molecule has 0 saturated heterocycles. The lowest BCUT2D eigenvalue weighted by Crippen LogP contribution is -2.30. The summed E-state index contributed by atoms with van der Waals surface area (Å²) in [5.41, 5.74) is -3.46.